The summed E-state index contributed by atoms with van der Waals surface area (Å²) in [6, 6.07) is 17.9. The van der Waals surface area contributed by atoms with E-state index in [9.17, 15) is 9.59 Å². The number of para-hydroxylation sites is 2. The van der Waals surface area contributed by atoms with Crippen molar-refractivity contribution in [3.05, 3.63) is 60.7 Å². The molecule has 148 valence electrons. The molecule has 2 atom stereocenters. The van der Waals surface area contributed by atoms with Crippen molar-refractivity contribution >= 4 is 23.5 Å². The van der Waals surface area contributed by atoms with Gasteiger partial charge in [-0.25, -0.2) is 4.79 Å². The number of esters is 2. The molecule has 0 radical (unpaired) electrons. The third-order valence-corrected chi connectivity index (χ3v) is 3.05. The highest BCUT2D eigenvalue weighted by Crippen LogP contribution is 2.10. The Hall–Kier alpha value is -2.73. The Kier molecular flexibility index (Phi) is 13.0. The number of alkyl halides is 1. The van der Waals surface area contributed by atoms with Gasteiger partial charge in [-0.2, -0.15) is 0 Å². The minimum atomic E-state index is -0.563. The molecule has 0 aromatic heterocycles. The van der Waals surface area contributed by atoms with Gasteiger partial charge in [0.25, 0.3) is 0 Å². The lowest BCUT2D eigenvalue weighted by Crippen LogP contribution is -2.24. The molecule has 2 rings (SSSR count). The van der Waals surface area contributed by atoms with Gasteiger partial charge in [0.2, 0.25) is 0 Å². The molecule has 2 aromatic rings. The Morgan fingerprint density at radius 3 is 1.59 bits per heavy atom. The first-order valence-corrected chi connectivity index (χ1v) is 8.50. The Morgan fingerprint density at radius 2 is 1.30 bits per heavy atom. The van der Waals surface area contributed by atoms with Crippen molar-refractivity contribution in [1.82, 2.24) is 0 Å². The fourth-order valence-corrected chi connectivity index (χ4v) is 1.60. The molecule has 0 amide bonds. The number of rotatable bonds is 4. The van der Waals surface area contributed by atoms with E-state index in [2.05, 4.69) is 9.47 Å². The molecular formula is C20H25ClO6. The van der Waals surface area contributed by atoms with E-state index in [1.165, 1.54) is 14.2 Å². The number of methoxy groups -OCH3 is 2. The molecule has 0 aliphatic heterocycles. The summed E-state index contributed by atoms with van der Waals surface area (Å²) in [5.41, 5.74) is 0. The lowest BCUT2D eigenvalue weighted by atomic mass is 10.3. The Labute approximate surface area is 164 Å². The van der Waals surface area contributed by atoms with E-state index in [1.54, 1.807) is 50.2 Å². The summed E-state index contributed by atoms with van der Waals surface area (Å²) < 4.78 is 14.1. The molecule has 0 saturated carbocycles. The lowest BCUT2D eigenvalue weighted by molar-refractivity contribution is -0.148. The van der Waals surface area contributed by atoms with Crippen LogP contribution in [-0.2, 0) is 19.1 Å². The zero-order valence-electron chi connectivity index (χ0n) is 15.8. The minimum Gasteiger partial charge on any atom is -0.508 e. The van der Waals surface area contributed by atoms with Crippen LogP contribution in [0.4, 0.5) is 0 Å². The van der Waals surface area contributed by atoms with Crippen molar-refractivity contribution in [2.24, 2.45) is 0 Å². The van der Waals surface area contributed by atoms with Gasteiger partial charge in [-0.05, 0) is 38.1 Å². The third-order valence-electron chi connectivity index (χ3n) is 2.87. The van der Waals surface area contributed by atoms with Gasteiger partial charge in [0.05, 0.1) is 14.2 Å². The molecule has 0 aliphatic rings. The summed E-state index contributed by atoms with van der Waals surface area (Å²) in [5.74, 6) is 0.230. The van der Waals surface area contributed by atoms with E-state index in [0.717, 1.165) is 0 Å². The molecule has 7 heteroatoms. The largest absolute Gasteiger partial charge is 0.508 e. The van der Waals surface area contributed by atoms with Crippen LogP contribution >= 0.6 is 11.6 Å². The predicted octanol–water partition coefficient (Wildman–Crippen LogP) is 3.81. The molecular weight excluding hydrogens is 372 g/mol. The average molecular weight is 397 g/mol. The minimum absolute atomic E-state index is 0.322. The molecule has 0 heterocycles. The number of carbonyl (C=O) groups excluding carboxylic acids is 2. The quantitative estimate of drug-likeness (QED) is 0.625. The zero-order valence-corrected chi connectivity index (χ0v) is 16.6. The number of ether oxygens (including phenoxy) is 3. The van der Waals surface area contributed by atoms with Crippen LogP contribution in [-0.4, -0.2) is 42.7 Å². The fraction of sp³-hybridized carbons (Fsp3) is 0.300. The first-order valence-electron chi connectivity index (χ1n) is 8.07. The van der Waals surface area contributed by atoms with E-state index >= 15 is 0 Å². The highest BCUT2D eigenvalue weighted by atomic mass is 35.5. The van der Waals surface area contributed by atoms with Crippen LogP contribution < -0.4 is 4.74 Å². The second-order valence-corrected chi connectivity index (χ2v) is 5.73. The first kappa shape index (κ1) is 24.3. The molecule has 0 aliphatic carbocycles. The van der Waals surface area contributed by atoms with Gasteiger partial charge in [-0.3, -0.25) is 4.79 Å². The molecule has 27 heavy (non-hydrogen) atoms. The van der Waals surface area contributed by atoms with E-state index in [4.69, 9.17) is 21.4 Å². The van der Waals surface area contributed by atoms with Crippen LogP contribution in [0.15, 0.2) is 60.7 Å². The molecule has 2 aromatic carbocycles. The maximum absolute atomic E-state index is 11.0. The first-order chi connectivity index (χ1) is 12.8. The van der Waals surface area contributed by atoms with Gasteiger partial charge in [0.15, 0.2) is 6.10 Å². The summed E-state index contributed by atoms with van der Waals surface area (Å²) in [7, 11) is 2.65. The van der Waals surface area contributed by atoms with E-state index in [0.29, 0.717) is 11.5 Å². The third kappa shape index (κ3) is 12.3. The monoisotopic (exact) mass is 396 g/mol. The Bertz CT molecular complexity index is 646. The van der Waals surface area contributed by atoms with Gasteiger partial charge < -0.3 is 19.3 Å². The number of hydrogen-bond acceptors (Lipinski definition) is 6. The summed E-state index contributed by atoms with van der Waals surface area (Å²) in [4.78, 5) is 21.1. The SMILES string of the molecule is COC(=O)C(C)Cl.COC(=O)C(C)Oc1ccccc1.Oc1ccccc1. The van der Waals surface area contributed by atoms with Crippen molar-refractivity contribution in [2.75, 3.05) is 14.2 Å². The van der Waals surface area contributed by atoms with Gasteiger partial charge >= 0.3 is 11.9 Å². The molecule has 0 spiro atoms. The Morgan fingerprint density at radius 1 is 0.852 bits per heavy atom. The lowest BCUT2D eigenvalue weighted by Gasteiger charge is -2.11. The zero-order chi connectivity index (χ0) is 20.7. The molecule has 0 bridgehead atoms. The smallest absolute Gasteiger partial charge is 0.346 e. The fourth-order valence-electron chi connectivity index (χ4n) is 1.51. The van der Waals surface area contributed by atoms with Crippen molar-refractivity contribution in [1.29, 1.82) is 0 Å². The van der Waals surface area contributed by atoms with E-state index < -0.39 is 11.5 Å². The van der Waals surface area contributed by atoms with Gasteiger partial charge in [0.1, 0.15) is 16.9 Å². The predicted molar refractivity (Wildman–Crippen MR) is 104 cm³/mol. The number of aromatic hydroxyl groups is 1. The standard InChI is InChI=1S/C10H12O3.C6H6O.C4H7ClO2/c1-8(10(11)12-2)13-9-6-4-3-5-7-9;7-6-4-2-1-3-5-6;1-3(5)4(6)7-2/h3-8H,1-2H3;1-5,7H;3H,1-2H3. The molecule has 2 unspecified atom stereocenters. The van der Waals surface area contributed by atoms with Crippen LogP contribution in [0, 0.1) is 0 Å². The summed E-state index contributed by atoms with van der Waals surface area (Å²) in [5, 5.41) is 8.11. The number of phenolic OH excluding ortho intramolecular Hbond substituents is 1. The summed E-state index contributed by atoms with van der Waals surface area (Å²) in [6.45, 7) is 3.21. The van der Waals surface area contributed by atoms with Crippen molar-refractivity contribution in [3.63, 3.8) is 0 Å². The number of hydrogen-bond donors (Lipinski definition) is 1. The number of halogens is 1. The summed E-state index contributed by atoms with van der Waals surface area (Å²) in [6.07, 6.45) is -0.563. The number of benzene rings is 2. The van der Waals surface area contributed by atoms with Crippen LogP contribution in [0.1, 0.15) is 13.8 Å². The number of phenols is 1. The molecule has 1 N–H and O–H groups in total. The highest BCUT2D eigenvalue weighted by molar-refractivity contribution is 6.29. The van der Waals surface area contributed by atoms with Crippen LogP contribution in [0.5, 0.6) is 11.5 Å². The van der Waals surface area contributed by atoms with Crippen LogP contribution in [0.3, 0.4) is 0 Å². The maximum Gasteiger partial charge on any atom is 0.346 e. The number of carbonyl (C=O) groups is 2. The topological polar surface area (TPSA) is 82.1 Å². The van der Waals surface area contributed by atoms with Gasteiger partial charge in [-0.15, -0.1) is 11.6 Å². The maximum atomic E-state index is 11.0. The highest BCUT2D eigenvalue weighted by Gasteiger charge is 2.13. The normalized spacial score (nSPS) is 11.3. The van der Waals surface area contributed by atoms with Crippen molar-refractivity contribution in [3.8, 4) is 11.5 Å². The van der Waals surface area contributed by atoms with E-state index in [1.807, 2.05) is 24.3 Å². The molecule has 0 saturated heterocycles. The Balaban J connectivity index is 0.000000410. The summed E-state index contributed by atoms with van der Waals surface area (Å²) >= 11 is 5.25. The molecule has 6 nitrogen and oxygen atoms in total. The second-order valence-electron chi connectivity index (χ2n) is 5.07. The average Bonchev–Trinajstić information content (AvgIpc) is 2.69. The second kappa shape index (κ2) is 14.4. The molecule has 0 fully saturated rings. The van der Waals surface area contributed by atoms with Crippen molar-refractivity contribution < 1.29 is 28.9 Å². The van der Waals surface area contributed by atoms with Crippen molar-refractivity contribution in [2.45, 2.75) is 25.3 Å². The van der Waals surface area contributed by atoms with E-state index in [-0.39, 0.29) is 11.9 Å². The van der Waals surface area contributed by atoms with Gasteiger partial charge in [0, 0.05) is 0 Å². The van der Waals surface area contributed by atoms with Gasteiger partial charge in [-0.1, -0.05) is 36.4 Å². The van der Waals surface area contributed by atoms with Crippen LogP contribution in [0.25, 0.3) is 0 Å². The van der Waals surface area contributed by atoms with Crippen LogP contribution in [0.2, 0.25) is 0 Å².